The van der Waals surface area contributed by atoms with Crippen molar-refractivity contribution in [1.82, 2.24) is 24.7 Å². The minimum absolute atomic E-state index is 0.204. The van der Waals surface area contributed by atoms with E-state index in [1.54, 1.807) is 6.20 Å². The van der Waals surface area contributed by atoms with E-state index in [9.17, 15) is 0 Å². The zero-order chi connectivity index (χ0) is 14.6. The summed E-state index contributed by atoms with van der Waals surface area (Å²) in [4.78, 5) is 11.1. The van der Waals surface area contributed by atoms with E-state index in [0.29, 0.717) is 11.3 Å². The highest BCUT2D eigenvalue weighted by molar-refractivity contribution is 6.28. The summed E-state index contributed by atoms with van der Waals surface area (Å²) in [5.74, 6) is 2.77. The molecule has 1 saturated carbocycles. The van der Waals surface area contributed by atoms with Gasteiger partial charge in [0.15, 0.2) is 11.6 Å². The molecule has 0 radical (unpaired) electrons. The Bertz CT molecular complexity index is 693. The van der Waals surface area contributed by atoms with Crippen LogP contribution in [-0.2, 0) is 0 Å². The van der Waals surface area contributed by atoms with Gasteiger partial charge in [0, 0.05) is 6.04 Å². The maximum atomic E-state index is 6.05. The summed E-state index contributed by atoms with van der Waals surface area (Å²) in [6.07, 6.45) is 6.42. The van der Waals surface area contributed by atoms with Gasteiger partial charge in [-0.25, -0.2) is 4.98 Å². The number of hydrogen-bond acceptors (Lipinski definition) is 5. The van der Waals surface area contributed by atoms with Crippen LogP contribution in [0.15, 0.2) is 6.20 Å². The summed E-state index contributed by atoms with van der Waals surface area (Å²) in [7, 11) is 0. The Balaban J connectivity index is 1.96. The van der Waals surface area contributed by atoms with E-state index in [-0.39, 0.29) is 6.04 Å². The van der Waals surface area contributed by atoms with Crippen molar-refractivity contribution in [3.8, 4) is 5.69 Å². The van der Waals surface area contributed by atoms with Crippen molar-refractivity contribution in [2.24, 2.45) is 0 Å². The van der Waals surface area contributed by atoms with Crippen LogP contribution in [0.25, 0.3) is 5.69 Å². The third-order valence-electron chi connectivity index (χ3n) is 4.54. The van der Waals surface area contributed by atoms with Crippen molar-refractivity contribution in [2.45, 2.75) is 51.6 Å². The molecule has 1 atom stereocenters. The van der Waals surface area contributed by atoms with Crippen LogP contribution in [0.4, 0.5) is 5.82 Å². The minimum Gasteiger partial charge on any atom is -0.341 e. The van der Waals surface area contributed by atoms with Crippen molar-refractivity contribution in [3.05, 3.63) is 23.1 Å². The van der Waals surface area contributed by atoms with Gasteiger partial charge in [0.1, 0.15) is 11.5 Å². The highest BCUT2D eigenvalue weighted by Crippen LogP contribution is 2.43. The number of rotatable bonds is 2. The maximum Gasteiger partial charge on any atom is 0.224 e. The molecule has 110 valence electrons. The lowest BCUT2D eigenvalue weighted by Gasteiger charge is -2.45. The van der Waals surface area contributed by atoms with E-state index < -0.39 is 0 Å². The van der Waals surface area contributed by atoms with E-state index in [4.69, 9.17) is 11.6 Å². The molecule has 3 heterocycles. The molecule has 7 heteroatoms. The van der Waals surface area contributed by atoms with Crippen molar-refractivity contribution in [3.63, 3.8) is 0 Å². The predicted molar refractivity (Wildman–Crippen MR) is 79.8 cm³/mol. The van der Waals surface area contributed by atoms with Gasteiger partial charge in [0.25, 0.3) is 0 Å². The average molecular weight is 305 g/mol. The second-order valence-corrected chi connectivity index (χ2v) is 6.04. The molecule has 0 amide bonds. The fourth-order valence-electron chi connectivity index (χ4n) is 3.33. The van der Waals surface area contributed by atoms with Crippen LogP contribution in [0.1, 0.15) is 50.3 Å². The number of halogens is 1. The Labute approximate surface area is 128 Å². The molecule has 0 spiro atoms. The van der Waals surface area contributed by atoms with Crippen molar-refractivity contribution in [2.75, 3.05) is 4.90 Å². The van der Waals surface area contributed by atoms with Crippen molar-refractivity contribution < 1.29 is 0 Å². The minimum atomic E-state index is 0.204. The summed E-state index contributed by atoms with van der Waals surface area (Å²) >= 11 is 6.05. The van der Waals surface area contributed by atoms with Crippen molar-refractivity contribution in [1.29, 1.82) is 0 Å². The molecule has 1 fully saturated rings. The van der Waals surface area contributed by atoms with Gasteiger partial charge in [-0.3, -0.25) is 4.57 Å². The van der Waals surface area contributed by atoms with Gasteiger partial charge >= 0.3 is 0 Å². The molecule has 1 aliphatic heterocycles. The van der Waals surface area contributed by atoms with Gasteiger partial charge in [-0.15, -0.1) is 10.2 Å². The lowest BCUT2D eigenvalue weighted by atomic mass is 9.89. The van der Waals surface area contributed by atoms with Gasteiger partial charge in [0.2, 0.25) is 5.28 Å². The Kier molecular flexibility index (Phi) is 2.89. The fraction of sp³-hybridized carbons (Fsp3) is 0.571. The molecule has 2 aliphatic rings. The lowest BCUT2D eigenvalue weighted by molar-refractivity contribution is 0.341. The molecule has 2 aromatic rings. The topological polar surface area (TPSA) is 59.7 Å². The first-order valence-electron chi connectivity index (χ1n) is 7.44. The van der Waals surface area contributed by atoms with Gasteiger partial charge in [0.05, 0.1) is 12.2 Å². The number of anilines is 1. The Morgan fingerprint density at radius 2 is 2.14 bits per heavy atom. The number of fused-ring (bicyclic) bond motifs is 3. The average Bonchev–Trinajstić information content (AvgIpc) is 2.79. The van der Waals surface area contributed by atoms with Crippen molar-refractivity contribution >= 4 is 17.4 Å². The first-order valence-corrected chi connectivity index (χ1v) is 7.81. The normalized spacial score (nSPS) is 20.9. The van der Waals surface area contributed by atoms with E-state index in [1.165, 1.54) is 19.3 Å². The molecule has 1 aliphatic carbocycles. The summed E-state index contributed by atoms with van der Waals surface area (Å²) in [6.45, 7) is 4.14. The number of nitrogens with zero attached hydrogens (tertiary/aromatic N) is 6. The van der Waals surface area contributed by atoms with Gasteiger partial charge in [-0.1, -0.05) is 6.92 Å². The Morgan fingerprint density at radius 3 is 2.81 bits per heavy atom. The Morgan fingerprint density at radius 1 is 1.33 bits per heavy atom. The van der Waals surface area contributed by atoms with Crippen LogP contribution in [0.3, 0.4) is 0 Å². The largest absolute Gasteiger partial charge is 0.341 e. The van der Waals surface area contributed by atoms with E-state index >= 15 is 0 Å². The molecule has 21 heavy (non-hydrogen) atoms. The molecule has 6 nitrogen and oxygen atoms in total. The smallest absolute Gasteiger partial charge is 0.224 e. The summed E-state index contributed by atoms with van der Waals surface area (Å²) in [6, 6.07) is 0.723. The number of aromatic nitrogens is 5. The molecule has 0 bridgehead atoms. The third-order valence-corrected chi connectivity index (χ3v) is 4.73. The van der Waals surface area contributed by atoms with Crippen LogP contribution in [0.5, 0.6) is 0 Å². The monoisotopic (exact) mass is 304 g/mol. The maximum absolute atomic E-state index is 6.05. The zero-order valence-electron chi connectivity index (χ0n) is 12.1. The highest BCUT2D eigenvalue weighted by atomic mass is 35.5. The summed E-state index contributed by atoms with van der Waals surface area (Å²) < 4.78 is 2.06. The number of hydrogen-bond donors (Lipinski definition) is 0. The van der Waals surface area contributed by atoms with E-state index in [1.807, 2.05) is 6.92 Å². The molecule has 0 aromatic carbocycles. The summed E-state index contributed by atoms with van der Waals surface area (Å²) in [5.41, 5.74) is 0.938. The fourth-order valence-corrected chi connectivity index (χ4v) is 3.46. The van der Waals surface area contributed by atoms with E-state index in [0.717, 1.165) is 29.6 Å². The standard InChI is InChI=1S/C14H17ClN6/c1-3-10-13-19-18-8(2)20(13)11-7-16-14(15)17-12(11)21(10)9-5-4-6-9/h7,9-10H,3-6H2,1-2H3/t10-/m1/s1. The number of aryl methyl sites for hydroxylation is 1. The van der Waals surface area contributed by atoms with E-state index in [2.05, 4.69) is 36.6 Å². The van der Waals surface area contributed by atoms with Gasteiger partial charge in [-0.2, -0.15) is 4.98 Å². The second kappa shape index (κ2) is 4.66. The molecular formula is C14H17ClN6. The zero-order valence-corrected chi connectivity index (χ0v) is 12.9. The predicted octanol–water partition coefficient (Wildman–Crippen LogP) is 2.84. The van der Waals surface area contributed by atoms with Gasteiger partial charge < -0.3 is 4.90 Å². The van der Waals surface area contributed by atoms with Crippen LogP contribution in [0.2, 0.25) is 5.28 Å². The summed E-state index contributed by atoms with van der Waals surface area (Å²) in [5, 5.41) is 8.95. The molecule has 0 unspecified atom stereocenters. The SMILES string of the molecule is CC[C@@H]1c2nnc(C)n2-c2cnc(Cl)nc2N1C1CCC1. The third kappa shape index (κ3) is 1.78. The molecular weight excluding hydrogens is 288 g/mol. The molecule has 4 rings (SSSR count). The lowest BCUT2D eigenvalue weighted by Crippen LogP contribution is -2.46. The second-order valence-electron chi connectivity index (χ2n) is 5.70. The Hall–Kier alpha value is -1.69. The van der Waals surface area contributed by atoms with Crippen LogP contribution in [0, 0.1) is 6.92 Å². The first kappa shape index (κ1) is 13.0. The van der Waals surface area contributed by atoms with Crippen LogP contribution in [-0.4, -0.2) is 30.8 Å². The quantitative estimate of drug-likeness (QED) is 0.798. The molecule has 0 saturated heterocycles. The van der Waals surface area contributed by atoms with Gasteiger partial charge in [-0.05, 0) is 44.2 Å². The van der Waals surface area contributed by atoms with Crippen LogP contribution < -0.4 is 4.90 Å². The first-order chi connectivity index (χ1) is 10.2. The van der Waals surface area contributed by atoms with Crippen LogP contribution >= 0.6 is 11.6 Å². The highest BCUT2D eigenvalue weighted by Gasteiger charge is 2.40. The molecule has 0 N–H and O–H groups in total. The molecule has 2 aromatic heterocycles.